The summed E-state index contributed by atoms with van der Waals surface area (Å²) in [6.45, 7) is 7.14. The fraction of sp³-hybridized carbons (Fsp3) is 0.653. The summed E-state index contributed by atoms with van der Waals surface area (Å²) < 4.78 is 0. The minimum atomic E-state index is -1.96. The van der Waals surface area contributed by atoms with Crippen LogP contribution in [0.1, 0.15) is 92.1 Å². The van der Waals surface area contributed by atoms with Crippen LogP contribution in [0.2, 0.25) is 0 Å². The molecule has 0 aromatic heterocycles. The van der Waals surface area contributed by atoms with Gasteiger partial charge in [0, 0.05) is 13.0 Å². The lowest BCUT2D eigenvalue weighted by molar-refractivity contribution is -0.143. The van der Waals surface area contributed by atoms with Crippen LogP contribution in [0.3, 0.4) is 0 Å². The number of unbranched alkanes of at least 4 members (excludes halogenated alkanes) is 1. The third-order valence-corrected chi connectivity index (χ3v) is 12.5. The molecule has 1 aromatic rings. The maximum atomic E-state index is 14.0. The molecule has 0 radical (unpaired) electrons. The number of carbonyl (C=O) groups is 11. The van der Waals surface area contributed by atoms with Crippen LogP contribution < -0.4 is 59.7 Å². The van der Waals surface area contributed by atoms with E-state index in [2.05, 4.69) is 42.5 Å². The molecule has 29 heteroatoms. The molecule has 1 aromatic carbocycles. The second kappa shape index (κ2) is 32.6. The Morgan fingerprint density at radius 3 is 1.67 bits per heavy atom. The Morgan fingerprint density at radius 2 is 1.14 bits per heavy atom. The summed E-state index contributed by atoms with van der Waals surface area (Å²) in [6, 6.07) is -10.0. The number of carboxylic acid groups (broad SMARTS) is 1. The number of carbonyl (C=O) groups excluding carboxylic acids is 10. The average molecular weight is 1110 g/mol. The van der Waals surface area contributed by atoms with Crippen molar-refractivity contribution in [1.82, 2.24) is 47.4 Å². The molecule has 0 bridgehead atoms. The number of hydrogen-bond donors (Lipinski definition) is 17. The maximum Gasteiger partial charge on any atom is 0.326 e. The standard InChI is InChI=1S/C49H80N12O17/c1-23(2)18-30(56-44(72)35-11-9-17-61(35)48(76)34(22-63)58-46(74)38(24(3)4)59-45(73)37(52)25(5)64)40(68)55-32(20-36(51)67)42(70)60-39(26(6)65)47(75)57-33(21-62)43(71)54-31(19-27-12-14-28(66)15-13-27)41(69)53-29(49(77)78)10-7-8-16-50/h12-15,23-26,29-35,37-39,62-66H,7-11,16-22,50,52H2,1-6H3,(H2,51,67)(H,53,69)(H,54,71)(H,55,68)(H,56,72)(H,57,75)(H,58,74)(H,59,73)(H,60,70)(H,77,78)/t25-,26-,29+,30+,31+,32+,33+,34+,35+,37+,38+,39+/m1/s1. The van der Waals surface area contributed by atoms with E-state index in [0.717, 1.165) is 11.8 Å². The smallest absolute Gasteiger partial charge is 0.326 e. The van der Waals surface area contributed by atoms with Gasteiger partial charge in [-0.1, -0.05) is 39.8 Å². The monoisotopic (exact) mass is 1110 g/mol. The predicted octanol–water partition coefficient (Wildman–Crippen LogP) is -6.33. The van der Waals surface area contributed by atoms with Crippen molar-refractivity contribution >= 4 is 65.0 Å². The number of nitrogens with one attached hydrogen (secondary N) is 8. The van der Waals surface area contributed by atoms with Gasteiger partial charge in [-0.05, 0) is 88.4 Å². The molecule has 438 valence electrons. The summed E-state index contributed by atoms with van der Waals surface area (Å²) in [6.07, 6.45) is -3.08. The third kappa shape index (κ3) is 21.4. The lowest BCUT2D eigenvalue weighted by Crippen LogP contribution is -2.63. The number of aliphatic hydroxyl groups is 4. The number of carboxylic acids is 1. The lowest BCUT2D eigenvalue weighted by Gasteiger charge is -2.31. The summed E-state index contributed by atoms with van der Waals surface area (Å²) >= 11 is 0. The van der Waals surface area contributed by atoms with Crippen LogP contribution in [-0.4, -0.2) is 200 Å². The van der Waals surface area contributed by atoms with Gasteiger partial charge < -0.3 is 95.3 Å². The van der Waals surface area contributed by atoms with E-state index in [4.69, 9.17) is 17.2 Å². The molecule has 0 aliphatic carbocycles. The van der Waals surface area contributed by atoms with Crippen molar-refractivity contribution < 1.29 is 83.4 Å². The minimum absolute atomic E-state index is 0.00434. The van der Waals surface area contributed by atoms with Crippen molar-refractivity contribution in [2.45, 2.75) is 166 Å². The fourth-order valence-corrected chi connectivity index (χ4v) is 8.09. The van der Waals surface area contributed by atoms with Crippen molar-refractivity contribution in [2.24, 2.45) is 29.0 Å². The van der Waals surface area contributed by atoms with Crippen LogP contribution in [0.4, 0.5) is 0 Å². The summed E-state index contributed by atoms with van der Waals surface area (Å²) in [5.74, 6) is -12.6. The van der Waals surface area contributed by atoms with Crippen molar-refractivity contribution in [3.63, 3.8) is 0 Å². The first-order valence-corrected chi connectivity index (χ1v) is 25.6. The SMILES string of the molecule is CC(C)C[C@H](NC(=O)[C@@H]1CCCN1C(=O)[C@H](CO)NC(=O)[C@@H](NC(=O)[C@@H](N)[C@@H](C)O)C(C)C)C(=O)N[C@@H](CC(N)=O)C(=O)N[C@H](C(=O)N[C@@H](CO)C(=O)N[C@@H](Cc1ccc(O)cc1)C(=O)N[C@@H](CCCCN)C(=O)O)[C@@H](C)O. The highest BCUT2D eigenvalue weighted by Gasteiger charge is 2.41. The number of phenolic OH excluding ortho intramolecular Hbond substituents is 1. The van der Waals surface area contributed by atoms with Gasteiger partial charge in [0.15, 0.2) is 0 Å². The van der Waals surface area contributed by atoms with E-state index in [1.807, 2.05) is 0 Å². The van der Waals surface area contributed by atoms with Crippen molar-refractivity contribution in [3.8, 4) is 5.75 Å². The van der Waals surface area contributed by atoms with Crippen molar-refractivity contribution in [1.29, 1.82) is 0 Å². The topological polar surface area (TPSA) is 487 Å². The molecule has 1 heterocycles. The van der Waals surface area contributed by atoms with Crippen LogP contribution in [0.5, 0.6) is 5.75 Å². The van der Waals surface area contributed by atoms with Gasteiger partial charge in [0.1, 0.15) is 66.2 Å². The average Bonchev–Trinajstić information content (AvgIpc) is 3.87. The summed E-state index contributed by atoms with van der Waals surface area (Å²) in [4.78, 5) is 148. The lowest BCUT2D eigenvalue weighted by atomic mass is 10.0. The molecule has 1 saturated heterocycles. The van der Waals surface area contributed by atoms with Gasteiger partial charge in [0.2, 0.25) is 59.1 Å². The fourth-order valence-electron chi connectivity index (χ4n) is 8.09. The number of aliphatic carboxylic acids is 1. The Labute approximate surface area is 451 Å². The van der Waals surface area contributed by atoms with E-state index in [1.165, 1.54) is 31.2 Å². The Balaban J connectivity index is 2.30. The summed E-state index contributed by atoms with van der Waals surface area (Å²) in [5.41, 5.74) is 17.1. The quantitative estimate of drug-likeness (QED) is 0.0291. The van der Waals surface area contributed by atoms with Crippen LogP contribution in [0.15, 0.2) is 24.3 Å². The number of benzene rings is 1. The van der Waals surface area contributed by atoms with E-state index < -0.39 is 163 Å². The van der Waals surface area contributed by atoms with Crippen LogP contribution in [0.25, 0.3) is 0 Å². The second-order valence-electron chi connectivity index (χ2n) is 19.9. The number of aromatic hydroxyl groups is 1. The van der Waals surface area contributed by atoms with Crippen molar-refractivity contribution in [3.05, 3.63) is 29.8 Å². The van der Waals surface area contributed by atoms with E-state index >= 15 is 0 Å². The molecule has 78 heavy (non-hydrogen) atoms. The molecule has 0 unspecified atom stereocenters. The first-order valence-electron chi connectivity index (χ1n) is 25.6. The van der Waals surface area contributed by atoms with E-state index in [9.17, 15) is 83.4 Å². The normalized spacial score (nSPS) is 17.5. The molecule has 1 aliphatic heterocycles. The molecule has 0 spiro atoms. The minimum Gasteiger partial charge on any atom is -0.508 e. The number of likely N-dealkylation sites (tertiary alicyclic amines) is 1. The number of phenols is 1. The number of rotatable bonds is 33. The molecule has 2 rings (SSSR count). The van der Waals surface area contributed by atoms with Gasteiger partial charge in [-0.15, -0.1) is 0 Å². The number of nitrogens with zero attached hydrogens (tertiary/aromatic N) is 1. The predicted molar refractivity (Wildman–Crippen MR) is 276 cm³/mol. The number of primary amides is 1. The van der Waals surface area contributed by atoms with E-state index in [0.29, 0.717) is 18.4 Å². The number of aliphatic hydroxyl groups excluding tert-OH is 4. The van der Waals surface area contributed by atoms with Crippen LogP contribution in [0, 0.1) is 11.8 Å². The number of nitrogens with two attached hydrogens (primary N) is 3. The van der Waals surface area contributed by atoms with Gasteiger partial charge >= 0.3 is 5.97 Å². The number of hydrogen-bond acceptors (Lipinski definition) is 18. The second-order valence-corrected chi connectivity index (χ2v) is 19.9. The molecule has 12 atom stereocenters. The van der Waals surface area contributed by atoms with Crippen LogP contribution in [-0.2, 0) is 59.2 Å². The zero-order chi connectivity index (χ0) is 59.1. The molecule has 29 nitrogen and oxygen atoms in total. The van der Waals surface area contributed by atoms with Gasteiger partial charge in [-0.2, -0.15) is 0 Å². The van der Waals surface area contributed by atoms with E-state index in [1.54, 1.807) is 27.7 Å². The number of amides is 10. The third-order valence-electron chi connectivity index (χ3n) is 12.5. The Hall–Kier alpha value is -7.05. The Morgan fingerprint density at radius 1 is 0.628 bits per heavy atom. The summed E-state index contributed by atoms with van der Waals surface area (Å²) in [5, 5.41) is 79.2. The van der Waals surface area contributed by atoms with Crippen molar-refractivity contribution in [2.75, 3.05) is 26.3 Å². The van der Waals surface area contributed by atoms with Gasteiger partial charge in [0.05, 0.1) is 31.8 Å². The highest BCUT2D eigenvalue weighted by molar-refractivity contribution is 5.99. The molecule has 20 N–H and O–H groups in total. The maximum absolute atomic E-state index is 14.0. The first-order chi connectivity index (χ1) is 36.6. The first kappa shape index (κ1) is 67.1. The Kier molecular flexibility index (Phi) is 28.1. The zero-order valence-corrected chi connectivity index (χ0v) is 44.7. The molecule has 0 saturated carbocycles. The largest absolute Gasteiger partial charge is 0.508 e. The Bertz CT molecular complexity index is 2230. The molecule has 10 amide bonds. The molecular formula is C49H80N12O17. The van der Waals surface area contributed by atoms with Crippen LogP contribution >= 0.6 is 0 Å². The van der Waals surface area contributed by atoms with Gasteiger partial charge in [0.25, 0.3) is 0 Å². The zero-order valence-electron chi connectivity index (χ0n) is 44.7. The van der Waals surface area contributed by atoms with Gasteiger partial charge in [-0.25, -0.2) is 4.79 Å². The summed E-state index contributed by atoms with van der Waals surface area (Å²) in [7, 11) is 0. The van der Waals surface area contributed by atoms with E-state index in [-0.39, 0.29) is 56.9 Å². The molecular weight excluding hydrogens is 1030 g/mol. The molecule has 1 aliphatic rings. The molecule has 1 fully saturated rings. The van der Waals surface area contributed by atoms with Gasteiger partial charge in [-0.3, -0.25) is 47.9 Å². The highest BCUT2D eigenvalue weighted by Crippen LogP contribution is 2.20. The highest BCUT2D eigenvalue weighted by atomic mass is 16.4.